The van der Waals surface area contributed by atoms with E-state index in [9.17, 15) is 4.79 Å². The van der Waals surface area contributed by atoms with Gasteiger partial charge in [-0.3, -0.25) is 0 Å². The van der Waals surface area contributed by atoms with E-state index in [4.69, 9.17) is 21.7 Å². The van der Waals surface area contributed by atoms with E-state index in [0.29, 0.717) is 21.4 Å². The number of aryl methyl sites for hydroxylation is 1. The maximum atomic E-state index is 11.9. The predicted octanol–water partition coefficient (Wildman–Crippen LogP) is 3.91. The molecule has 0 unspecified atom stereocenters. The molecule has 0 spiro atoms. The van der Waals surface area contributed by atoms with Gasteiger partial charge in [-0.15, -0.1) is 11.3 Å². The Labute approximate surface area is 144 Å². The molecule has 23 heavy (non-hydrogen) atoms. The minimum Gasteiger partial charge on any atom is -0.495 e. The standard InChI is InChI=1S/C16H18N2O3S2/c1-4-10-9-11(15(19)21-3)14(23-10)18-16(22)17-12-7-5-6-8-13(12)20-2/h5-9H,4H2,1-3H3,(H2,17,18,22). The Hall–Kier alpha value is -2.12. The molecule has 2 rings (SSSR count). The Morgan fingerprint density at radius 2 is 2.00 bits per heavy atom. The third-order valence-corrected chi connectivity index (χ3v) is 4.52. The summed E-state index contributed by atoms with van der Waals surface area (Å²) in [7, 11) is 2.96. The van der Waals surface area contributed by atoms with E-state index < -0.39 is 0 Å². The summed E-state index contributed by atoms with van der Waals surface area (Å²) in [4.78, 5) is 12.9. The number of para-hydroxylation sites is 2. The van der Waals surface area contributed by atoms with E-state index in [0.717, 1.165) is 17.0 Å². The second-order valence-electron chi connectivity index (χ2n) is 4.58. The summed E-state index contributed by atoms with van der Waals surface area (Å²) in [5, 5.41) is 7.18. The lowest BCUT2D eigenvalue weighted by Gasteiger charge is -2.13. The number of hydrogen-bond acceptors (Lipinski definition) is 5. The van der Waals surface area contributed by atoms with Crippen LogP contribution in [-0.4, -0.2) is 25.3 Å². The van der Waals surface area contributed by atoms with E-state index in [1.165, 1.54) is 18.4 Å². The van der Waals surface area contributed by atoms with E-state index >= 15 is 0 Å². The number of thiocarbonyl (C=S) groups is 1. The summed E-state index contributed by atoms with van der Waals surface area (Å²) in [6, 6.07) is 9.28. The van der Waals surface area contributed by atoms with Gasteiger partial charge in [-0.2, -0.15) is 0 Å². The Bertz CT molecular complexity index is 713. The average Bonchev–Trinajstić information content (AvgIpc) is 2.97. The van der Waals surface area contributed by atoms with Crippen molar-refractivity contribution in [2.24, 2.45) is 0 Å². The molecule has 0 saturated heterocycles. The molecular formula is C16H18N2O3S2. The molecular weight excluding hydrogens is 332 g/mol. The van der Waals surface area contributed by atoms with Crippen molar-refractivity contribution in [3.05, 3.63) is 40.8 Å². The van der Waals surface area contributed by atoms with Crippen LogP contribution in [0.2, 0.25) is 0 Å². The largest absolute Gasteiger partial charge is 0.495 e. The Morgan fingerprint density at radius 1 is 1.26 bits per heavy atom. The minimum atomic E-state index is -0.386. The van der Waals surface area contributed by atoms with Gasteiger partial charge in [-0.25, -0.2) is 4.79 Å². The average molecular weight is 350 g/mol. The summed E-state index contributed by atoms with van der Waals surface area (Å²) >= 11 is 6.81. The van der Waals surface area contributed by atoms with Gasteiger partial charge in [0.05, 0.1) is 25.5 Å². The van der Waals surface area contributed by atoms with Crippen LogP contribution in [0.4, 0.5) is 10.7 Å². The maximum absolute atomic E-state index is 11.9. The Kier molecular flexibility index (Phi) is 5.95. The molecule has 7 heteroatoms. The molecule has 5 nitrogen and oxygen atoms in total. The van der Waals surface area contributed by atoms with Gasteiger partial charge in [0.15, 0.2) is 5.11 Å². The highest BCUT2D eigenvalue weighted by Gasteiger charge is 2.17. The molecule has 2 aromatic rings. The van der Waals surface area contributed by atoms with Crippen molar-refractivity contribution in [3.63, 3.8) is 0 Å². The van der Waals surface area contributed by atoms with Crippen LogP contribution in [-0.2, 0) is 11.2 Å². The monoisotopic (exact) mass is 350 g/mol. The fourth-order valence-electron chi connectivity index (χ4n) is 1.98. The quantitative estimate of drug-likeness (QED) is 0.630. The van der Waals surface area contributed by atoms with Crippen LogP contribution in [0, 0.1) is 0 Å². The lowest BCUT2D eigenvalue weighted by Crippen LogP contribution is -2.20. The van der Waals surface area contributed by atoms with Crippen molar-refractivity contribution in [2.45, 2.75) is 13.3 Å². The zero-order chi connectivity index (χ0) is 16.8. The molecule has 1 aromatic heterocycles. The third kappa shape index (κ3) is 4.20. The van der Waals surface area contributed by atoms with Crippen LogP contribution in [0.1, 0.15) is 22.2 Å². The van der Waals surface area contributed by atoms with Crippen LogP contribution >= 0.6 is 23.6 Å². The first-order valence-corrected chi connectivity index (χ1v) is 8.23. The third-order valence-electron chi connectivity index (χ3n) is 3.12. The zero-order valence-corrected chi connectivity index (χ0v) is 14.8. The van der Waals surface area contributed by atoms with Crippen LogP contribution in [0.3, 0.4) is 0 Å². The van der Waals surface area contributed by atoms with E-state index in [-0.39, 0.29) is 5.97 Å². The van der Waals surface area contributed by atoms with Gasteiger partial charge in [0, 0.05) is 4.88 Å². The highest BCUT2D eigenvalue weighted by Crippen LogP contribution is 2.30. The molecule has 0 bridgehead atoms. The lowest BCUT2D eigenvalue weighted by molar-refractivity contribution is 0.0602. The van der Waals surface area contributed by atoms with Gasteiger partial charge in [0.2, 0.25) is 0 Å². The summed E-state index contributed by atoms with van der Waals surface area (Å²) < 4.78 is 10.1. The number of carbonyl (C=O) groups excluding carboxylic acids is 1. The molecule has 0 atom stereocenters. The number of benzene rings is 1. The predicted molar refractivity (Wildman–Crippen MR) is 97.9 cm³/mol. The van der Waals surface area contributed by atoms with E-state index in [2.05, 4.69) is 10.6 Å². The molecule has 1 heterocycles. The highest BCUT2D eigenvalue weighted by molar-refractivity contribution is 7.80. The highest BCUT2D eigenvalue weighted by atomic mass is 32.1. The molecule has 122 valence electrons. The summed E-state index contributed by atoms with van der Waals surface area (Å²) in [6.07, 6.45) is 0.836. The van der Waals surface area contributed by atoms with Crippen molar-refractivity contribution in [3.8, 4) is 5.75 Å². The van der Waals surface area contributed by atoms with Gasteiger partial charge in [0.25, 0.3) is 0 Å². The number of thiophene rings is 1. The van der Waals surface area contributed by atoms with Gasteiger partial charge < -0.3 is 20.1 Å². The number of rotatable bonds is 5. The number of nitrogens with one attached hydrogen (secondary N) is 2. The van der Waals surface area contributed by atoms with Crippen molar-refractivity contribution in [1.82, 2.24) is 0 Å². The topological polar surface area (TPSA) is 59.6 Å². The summed E-state index contributed by atoms with van der Waals surface area (Å²) in [5.41, 5.74) is 1.23. The number of ether oxygens (including phenoxy) is 2. The van der Waals surface area contributed by atoms with Gasteiger partial charge in [-0.05, 0) is 36.8 Å². The maximum Gasteiger partial charge on any atom is 0.340 e. The second kappa shape index (κ2) is 7.94. The molecule has 0 aliphatic carbocycles. The van der Waals surface area contributed by atoms with Crippen LogP contribution in [0.5, 0.6) is 5.75 Å². The Morgan fingerprint density at radius 3 is 2.65 bits per heavy atom. The van der Waals surface area contributed by atoms with E-state index in [1.54, 1.807) is 7.11 Å². The summed E-state index contributed by atoms with van der Waals surface area (Å²) in [5.74, 6) is 0.300. The van der Waals surface area contributed by atoms with E-state index in [1.807, 2.05) is 37.3 Å². The number of carbonyl (C=O) groups is 1. The molecule has 0 saturated carbocycles. The fourth-order valence-corrected chi connectivity index (χ4v) is 3.24. The first-order chi connectivity index (χ1) is 11.1. The van der Waals surface area contributed by atoms with Gasteiger partial charge >= 0.3 is 5.97 Å². The van der Waals surface area contributed by atoms with Crippen molar-refractivity contribution in [2.75, 3.05) is 24.9 Å². The fraction of sp³-hybridized carbons (Fsp3) is 0.250. The second-order valence-corrected chi connectivity index (χ2v) is 6.13. The van der Waals surface area contributed by atoms with Crippen LogP contribution in [0.25, 0.3) is 0 Å². The Balaban J connectivity index is 2.17. The van der Waals surface area contributed by atoms with Crippen molar-refractivity contribution < 1.29 is 14.3 Å². The normalized spacial score (nSPS) is 10.0. The van der Waals surface area contributed by atoms with Crippen LogP contribution < -0.4 is 15.4 Å². The molecule has 0 amide bonds. The number of hydrogen-bond donors (Lipinski definition) is 2. The van der Waals surface area contributed by atoms with Crippen molar-refractivity contribution >= 4 is 45.3 Å². The zero-order valence-electron chi connectivity index (χ0n) is 13.1. The molecule has 0 radical (unpaired) electrons. The van der Waals surface area contributed by atoms with Crippen molar-refractivity contribution in [1.29, 1.82) is 0 Å². The lowest BCUT2D eigenvalue weighted by atomic mass is 10.2. The SMILES string of the molecule is CCc1cc(C(=O)OC)c(NC(=S)Nc2ccccc2OC)s1. The molecule has 0 aliphatic heterocycles. The number of methoxy groups -OCH3 is 2. The summed E-state index contributed by atoms with van der Waals surface area (Å²) in [6.45, 7) is 2.03. The molecule has 1 aromatic carbocycles. The first kappa shape index (κ1) is 17.2. The van der Waals surface area contributed by atoms with Gasteiger partial charge in [-0.1, -0.05) is 19.1 Å². The molecule has 2 N–H and O–H groups in total. The smallest absolute Gasteiger partial charge is 0.340 e. The van der Waals surface area contributed by atoms with Crippen LogP contribution in [0.15, 0.2) is 30.3 Å². The van der Waals surface area contributed by atoms with Gasteiger partial charge in [0.1, 0.15) is 10.8 Å². The first-order valence-electron chi connectivity index (χ1n) is 7.01. The number of esters is 1. The molecule has 0 aliphatic rings. The minimum absolute atomic E-state index is 0.379. The number of anilines is 2. The molecule has 0 fully saturated rings.